The second-order valence-electron chi connectivity index (χ2n) is 4.14. The summed E-state index contributed by atoms with van der Waals surface area (Å²) in [6.07, 6.45) is 2.88. The van der Waals surface area contributed by atoms with Gasteiger partial charge in [-0.15, -0.1) is 5.10 Å². The molecule has 90 valence electrons. The Morgan fingerprint density at radius 3 is 2.94 bits per heavy atom. The maximum Gasteiger partial charge on any atom is 0.111 e. The predicted molar refractivity (Wildman–Crippen MR) is 67.3 cm³/mol. The van der Waals surface area contributed by atoms with Crippen LogP contribution in [0.1, 0.15) is 18.7 Å². The van der Waals surface area contributed by atoms with Crippen LogP contribution in [0.3, 0.4) is 0 Å². The molecule has 0 fully saturated rings. The van der Waals surface area contributed by atoms with Crippen LogP contribution >= 0.6 is 0 Å². The summed E-state index contributed by atoms with van der Waals surface area (Å²) in [5, 5.41) is 18.4. The van der Waals surface area contributed by atoms with E-state index in [4.69, 9.17) is 0 Å². The van der Waals surface area contributed by atoms with Crippen LogP contribution < -0.4 is 0 Å². The van der Waals surface area contributed by atoms with Crippen LogP contribution in [0.4, 0.5) is 0 Å². The summed E-state index contributed by atoms with van der Waals surface area (Å²) >= 11 is 0. The van der Waals surface area contributed by atoms with E-state index in [1.807, 2.05) is 30.3 Å². The molecular weight excluding hydrogens is 228 g/mol. The third-order valence-electron chi connectivity index (χ3n) is 2.79. The molecule has 1 unspecified atom stereocenters. The monoisotopic (exact) mass is 240 g/mol. The number of hydrogen-bond donors (Lipinski definition) is 1. The zero-order chi connectivity index (χ0) is 12.5. The summed E-state index contributed by atoms with van der Waals surface area (Å²) in [7, 11) is 0. The fourth-order valence-electron chi connectivity index (χ4n) is 1.80. The van der Waals surface area contributed by atoms with Gasteiger partial charge in [-0.05, 0) is 31.2 Å². The lowest BCUT2D eigenvalue weighted by molar-refractivity contribution is 0.194. The highest BCUT2D eigenvalue weighted by Crippen LogP contribution is 2.17. The SMILES string of the molecule is CC(O)c1cn(-c2ccc3ncccc3c2)nn1. The van der Waals surface area contributed by atoms with Gasteiger partial charge in [-0.25, -0.2) is 4.68 Å². The van der Waals surface area contributed by atoms with Crippen LogP contribution in [0, 0.1) is 0 Å². The van der Waals surface area contributed by atoms with Crippen LogP contribution in [0.15, 0.2) is 42.7 Å². The zero-order valence-corrected chi connectivity index (χ0v) is 9.85. The number of aromatic nitrogens is 4. The van der Waals surface area contributed by atoms with Crippen molar-refractivity contribution < 1.29 is 5.11 Å². The first kappa shape index (κ1) is 10.9. The third-order valence-corrected chi connectivity index (χ3v) is 2.79. The van der Waals surface area contributed by atoms with E-state index >= 15 is 0 Å². The molecule has 0 bridgehead atoms. The summed E-state index contributed by atoms with van der Waals surface area (Å²) in [6.45, 7) is 1.67. The van der Waals surface area contributed by atoms with Gasteiger partial charge in [0.25, 0.3) is 0 Å². The van der Waals surface area contributed by atoms with Gasteiger partial charge >= 0.3 is 0 Å². The van der Waals surface area contributed by atoms with Crippen molar-refractivity contribution in [2.45, 2.75) is 13.0 Å². The molecule has 0 aliphatic rings. The van der Waals surface area contributed by atoms with Gasteiger partial charge in [0.15, 0.2) is 0 Å². The first-order valence-electron chi connectivity index (χ1n) is 5.69. The van der Waals surface area contributed by atoms with Crippen molar-refractivity contribution in [3.05, 3.63) is 48.4 Å². The van der Waals surface area contributed by atoms with Crippen LogP contribution in [-0.2, 0) is 0 Å². The maximum atomic E-state index is 9.43. The Balaban J connectivity index is 2.07. The number of fused-ring (bicyclic) bond motifs is 1. The molecule has 0 aliphatic heterocycles. The van der Waals surface area contributed by atoms with E-state index in [1.165, 1.54) is 0 Å². The summed E-state index contributed by atoms with van der Waals surface area (Å²) in [5.74, 6) is 0. The van der Waals surface area contributed by atoms with Gasteiger partial charge in [0.2, 0.25) is 0 Å². The largest absolute Gasteiger partial charge is 0.387 e. The Morgan fingerprint density at radius 2 is 2.17 bits per heavy atom. The highest BCUT2D eigenvalue weighted by molar-refractivity contribution is 5.80. The van der Waals surface area contributed by atoms with Crippen LogP contribution in [0.25, 0.3) is 16.6 Å². The number of benzene rings is 1. The van der Waals surface area contributed by atoms with Crippen molar-refractivity contribution in [1.29, 1.82) is 0 Å². The lowest BCUT2D eigenvalue weighted by Crippen LogP contribution is -1.94. The molecule has 5 nitrogen and oxygen atoms in total. The van der Waals surface area contributed by atoms with Crippen molar-refractivity contribution in [1.82, 2.24) is 20.0 Å². The average Bonchev–Trinajstić information content (AvgIpc) is 2.88. The van der Waals surface area contributed by atoms with Crippen LogP contribution in [0.2, 0.25) is 0 Å². The van der Waals surface area contributed by atoms with Gasteiger partial charge in [-0.3, -0.25) is 4.98 Å². The molecule has 0 saturated carbocycles. The Bertz CT molecular complexity index is 690. The highest BCUT2D eigenvalue weighted by atomic mass is 16.3. The van der Waals surface area contributed by atoms with E-state index < -0.39 is 6.10 Å². The Morgan fingerprint density at radius 1 is 1.28 bits per heavy atom. The summed E-state index contributed by atoms with van der Waals surface area (Å²) in [4.78, 5) is 4.26. The highest BCUT2D eigenvalue weighted by Gasteiger charge is 2.07. The molecule has 3 aromatic rings. The molecule has 18 heavy (non-hydrogen) atoms. The van der Waals surface area contributed by atoms with Gasteiger partial charge in [0.05, 0.1) is 23.5 Å². The minimum atomic E-state index is -0.610. The number of aliphatic hydroxyl groups is 1. The minimum absolute atomic E-state index is 0.557. The van der Waals surface area contributed by atoms with Crippen LogP contribution in [0.5, 0.6) is 0 Å². The molecule has 0 amide bonds. The fraction of sp³-hybridized carbons (Fsp3) is 0.154. The van der Waals surface area contributed by atoms with E-state index in [0.29, 0.717) is 5.69 Å². The van der Waals surface area contributed by atoms with Crippen molar-refractivity contribution in [3.63, 3.8) is 0 Å². The summed E-state index contributed by atoms with van der Waals surface area (Å²) < 4.78 is 1.65. The van der Waals surface area contributed by atoms with Gasteiger partial charge < -0.3 is 5.11 Å². The smallest absolute Gasteiger partial charge is 0.111 e. The number of nitrogens with zero attached hydrogens (tertiary/aromatic N) is 4. The zero-order valence-electron chi connectivity index (χ0n) is 9.85. The van der Waals surface area contributed by atoms with E-state index in [1.54, 1.807) is 24.0 Å². The lowest BCUT2D eigenvalue weighted by Gasteiger charge is -2.02. The van der Waals surface area contributed by atoms with Gasteiger partial charge in [-0.2, -0.15) is 0 Å². The van der Waals surface area contributed by atoms with Crippen molar-refractivity contribution in [2.24, 2.45) is 0 Å². The summed E-state index contributed by atoms with van der Waals surface area (Å²) in [6, 6.07) is 9.75. The molecule has 0 radical (unpaired) electrons. The topological polar surface area (TPSA) is 63.8 Å². The maximum absolute atomic E-state index is 9.43. The number of aliphatic hydroxyl groups excluding tert-OH is 1. The van der Waals surface area contributed by atoms with Crippen LogP contribution in [-0.4, -0.2) is 25.1 Å². The van der Waals surface area contributed by atoms with E-state index in [9.17, 15) is 5.11 Å². The molecule has 1 N–H and O–H groups in total. The molecule has 0 spiro atoms. The first-order valence-corrected chi connectivity index (χ1v) is 5.69. The predicted octanol–water partition coefficient (Wildman–Crippen LogP) is 1.87. The van der Waals surface area contributed by atoms with E-state index in [2.05, 4.69) is 15.3 Å². The van der Waals surface area contributed by atoms with Crippen molar-refractivity contribution >= 4 is 10.9 Å². The molecule has 1 aromatic carbocycles. The van der Waals surface area contributed by atoms with Gasteiger partial charge in [-0.1, -0.05) is 11.3 Å². The Kier molecular flexibility index (Phi) is 2.53. The van der Waals surface area contributed by atoms with Gasteiger partial charge in [0, 0.05) is 11.6 Å². The summed E-state index contributed by atoms with van der Waals surface area (Å²) in [5.41, 5.74) is 2.40. The van der Waals surface area contributed by atoms with E-state index in [0.717, 1.165) is 16.6 Å². The minimum Gasteiger partial charge on any atom is -0.387 e. The standard InChI is InChI=1S/C13H12N4O/c1-9(18)13-8-17(16-15-13)11-4-5-12-10(7-11)3-2-6-14-12/h2-9,18H,1H3. The molecule has 3 rings (SSSR count). The lowest BCUT2D eigenvalue weighted by atomic mass is 10.2. The molecule has 2 aromatic heterocycles. The molecule has 0 aliphatic carbocycles. The number of pyridine rings is 1. The second kappa shape index (κ2) is 4.19. The number of rotatable bonds is 2. The number of hydrogen-bond acceptors (Lipinski definition) is 4. The molecular formula is C13H12N4O. The second-order valence-corrected chi connectivity index (χ2v) is 4.14. The normalized spacial score (nSPS) is 12.8. The molecule has 2 heterocycles. The Hall–Kier alpha value is -2.27. The molecule has 5 heteroatoms. The van der Waals surface area contributed by atoms with Crippen molar-refractivity contribution in [2.75, 3.05) is 0 Å². The van der Waals surface area contributed by atoms with Gasteiger partial charge in [0.1, 0.15) is 5.69 Å². The first-order chi connectivity index (χ1) is 8.74. The van der Waals surface area contributed by atoms with E-state index in [-0.39, 0.29) is 0 Å². The van der Waals surface area contributed by atoms with Crippen molar-refractivity contribution in [3.8, 4) is 5.69 Å². The Labute approximate surface area is 104 Å². The average molecular weight is 240 g/mol. The third kappa shape index (κ3) is 1.84. The fourth-order valence-corrected chi connectivity index (χ4v) is 1.80. The quantitative estimate of drug-likeness (QED) is 0.742. The molecule has 1 atom stereocenters. The molecule has 0 saturated heterocycles.